The van der Waals surface area contributed by atoms with E-state index in [1.165, 1.54) is 5.56 Å². The third-order valence-corrected chi connectivity index (χ3v) is 3.40. The molecule has 1 aromatic carbocycles. The van der Waals surface area contributed by atoms with Crippen LogP contribution in [-0.2, 0) is 13.5 Å². The van der Waals surface area contributed by atoms with Crippen molar-refractivity contribution in [2.75, 3.05) is 19.7 Å². The summed E-state index contributed by atoms with van der Waals surface area (Å²) in [5.41, 5.74) is 9.09. The van der Waals surface area contributed by atoms with Crippen LogP contribution in [-0.4, -0.2) is 40.4 Å². The molecule has 0 spiro atoms. The largest absolute Gasteiger partial charge is 0.395 e. The van der Waals surface area contributed by atoms with E-state index in [0.29, 0.717) is 6.54 Å². The minimum Gasteiger partial charge on any atom is -0.395 e. The molecule has 0 amide bonds. The summed E-state index contributed by atoms with van der Waals surface area (Å²) in [6, 6.07) is 6.21. The van der Waals surface area contributed by atoms with Crippen LogP contribution in [0.25, 0.3) is 11.0 Å². The Balaban J connectivity index is 1.94. The van der Waals surface area contributed by atoms with E-state index in [4.69, 9.17) is 10.8 Å². The van der Waals surface area contributed by atoms with Crippen LogP contribution in [0.1, 0.15) is 11.4 Å². The first-order valence-electron chi connectivity index (χ1n) is 6.61. The highest BCUT2D eigenvalue weighted by Gasteiger charge is 2.05. The average Bonchev–Trinajstić information content (AvgIpc) is 2.69. The van der Waals surface area contributed by atoms with Crippen molar-refractivity contribution in [1.82, 2.24) is 14.9 Å². The molecular formula is C14H22N4O. The Kier molecular flexibility index (Phi) is 4.52. The summed E-state index contributed by atoms with van der Waals surface area (Å²) >= 11 is 0. The maximum Gasteiger partial charge on any atom is 0.106 e. The molecule has 0 aliphatic heterocycles. The van der Waals surface area contributed by atoms with Crippen LogP contribution in [0.3, 0.4) is 0 Å². The predicted molar refractivity (Wildman–Crippen MR) is 77.1 cm³/mol. The Bertz CT molecular complexity index is 550. The van der Waals surface area contributed by atoms with Gasteiger partial charge in [0.25, 0.3) is 0 Å². The van der Waals surface area contributed by atoms with Crippen LogP contribution < -0.4 is 11.1 Å². The molecule has 2 rings (SSSR count). The molecule has 0 saturated heterocycles. The van der Waals surface area contributed by atoms with Gasteiger partial charge in [-0.25, -0.2) is 4.98 Å². The van der Waals surface area contributed by atoms with E-state index < -0.39 is 0 Å². The van der Waals surface area contributed by atoms with Crippen molar-refractivity contribution < 1.29 is 5.11 Å². The molecule has 2 aromatic rings. The summed E-state index contributed by atoms with van der Waals surface area (Å²) in [4.78, 5) is 4.53. The molecule has 1 aromatic heterocycles. The van der Waals surface area contributed by atoms with E-state index in [0.717, 1.165) is 29.8 Å². The van der Waals surface area contributed by atoms with Crippen LogP contribution in [0.2, 0.25) is 0 Å². The smallest absolute Gasteiger partial charge is 0.106 e. The van der Waals surface area contributed by atoms with Gasteiger partial charge in [0.05, 0.1) is 17.6 Å². The minimum atomic E-state index is -0.180. The highest BCUT2D eigenvalue weighted by Crippen LogP contribution is 2.16. The van der Waals surface area contributed by atoms with Crippen LogP contribution in [0.5, 0.6) is 0 Å². The van der Waals surface area contributed by atoms with Crippen LogP contribution in [0.4, 0.5) is 0 Å². The predicted octanol–water partition coefficient (Wildman–Crippen LogP) is 0.333. The van der Waals surface area contributed by atoms with E-state index in [1.54, 1.807) is 0 Å². The number of aromatic nitrogens is 2. The Labute approximate surface area is 113 Å². The normalized spacial score (nSPS) is 13.1. The second-order valence-electron chi connectivity index (χ2n) is 4.94. The van der Waals surface area contributed by atoms with E-state index >= 15 is 0 Å². The molecule has 0 aliphatic carbocycles. The second kappa shape index (κ2) is 6.14. The number of rotatable bonds is 6. The summed E-state index contributed by atoms with van der Waals surface area (Å²) in [5.74, 6) is 1.03. The molecule has 1 atom stereocenters. The summed E-state index contributed by atoms with van der Waals surface area (Å²) in [6.45, 7) is 3.52. The maximum absolute atomic E-state index is 8.82. The lowest BCUT2D eigenvalue weighted by Crippen LogP contribution is -2.37. The molecule has 1 heterocycles. The van der Waals surface area contributed by atoms with Gasteiger partial charge >= 0.3 is 0 Å². The number of nitrogens with one attached hydrogen (secondary N) is 1. The fourth-order valence-corrected chi connectivity index (χ4v) is 2.11. The number of aryl methyl sites for hydroxylation is 2. The van der Waals surface area contributed by atoms with Gasteiger partial charge in [-0.1, -0.05) is 6.07 Å². The number of hydrogen-bond acceptors (Lipinski definition) is 4. The van der Waals surface area contributed by atoms with E-state index in [1.807, 2.05) is 14.0 Å². The Morgan fingerprint density at radius 2 is 2.26 bits per heavy atom. The SMILES string of the molecule is Cc1nc2cc(CCNCC(N)CO)ccc2n1C. The number of aliphatic hydroxyl groups excluding tert-OH is 1. The lowest BCUT2D eigenvalue weighted by Gasteiger charge is -2.09. The van der Waals surface area contributed by atoms with E-state index in [-0.39, 0.29) is 12.6 Å². The zero-order valence-corrected chi connectivity index (χ0v) is 11.6. The zero-order chi connectivity index (χ0) is 13.8. The molecule has 5 heteroatoms. The third kappa shape index (κ3) is 3.32. The Morgan fingerprint density at radius 3 is 3.00 bits per heavy atom. The first-order valence-corrected chi connectivity index (χ1v) is 6.61. The number of aliphatic hydroxyl groups is 1. The van der Waals surface area contributed by atoms with Crippen LogP contribution in [0, 0.1) is 6.92 Å². The molecule has 0 bridgehead atoms. The zero-order valence-electron chi connectivity index (χ0n) is 11.6. The standard InChI is InChI=1S/C14H22N4O/c1-10-17-13-7-11(3-4-14(13)18(10)2)5-6-16-8-12(15)9-19/h3-4,7,12,16,19H,5-6,8-9,15H2,1-2H3. The number of fused-ring (bicyclic) bond motifs is 1. The summed E-state index contributed by atoms with van der Waals surface area (Å²) in [7, 11) is 2.03. The fourth-order valence-electron chi connectivity index (χ4n) is 2.11. The van der Waals surface area contributed by atoms with Gasteiger partial charge in [0.1, 0.15) is 5.82 Å². The summed E-state index contributed by atoms with van der Waals surface area (Å²) < 4.78 is 2.09. The fraction of sp³-hybridized carbons (Fsp3) is 0.500. The van der Waals surface area contributed by atoms with Crippen molar-refractivity contribution in [3.63, 3.8) is 0 Å². The topological polar surface area (TPSA) is 76.1 Å². The second-order valence-corrected chi connectivity index (χ2v) is 4.94. The molecule has 4 N–H and O–H groups in total. The van der Waals surface area contributed by atoms with Crippen molar-refractivity contribution in [1.29, 1.82) is 0 Å². The van der Waals surface area contributed by atoms with Crippen LogP contribution in [0.15, 0.2) is 18.2 Å². The minimum absolute atomic E-state index is 0.0200. The molecule has 0 saturated carbocycles. The monoisotopic (exact) mass is 262 g/mol. The first kappa shape index (κ1) is 14.0. The van der Waals surface area contributed by atoms with Gasteiger partial charge in [-0.15, -0.1) is 0 Å². The van der Waals surface area contributed by atoms with Crippen molar-refractivity contribution >= 4 is 11.0 Å². The van der Waals surface area contributed by atoms with E-state index in [9.17, 15) is 0 Å². The Morgan fingerprint density at radius 1 is 1.47 bits per heavy atom. The molecule has 5 nitrogen and oxygen atoms in total. The average molecular weight is 262 g/mol. The third-order valence-electron chi connectivity index (χ3n) is 3.40. The van der Waals surface area contributed by atoms with Gasteiger partial charge in [0, 0.05) is 19.6 Å². The maximum atomic E-state index is 8.82. The molecule has 0 aliphatic rings. The van der Waals surface area contributed by atoms with Crippen molar-refractivity contribution in [3.05, 3.63) is 29.6 Å². The summed E-state index contributed by atoms with van der Waals surface area (Å²) in [6.07, 6.45) is 0.934. The van der Waals surface area contributed by atoms with E-state index in [2.05, 4.69) is 33.1 Å². The van der Waals surface area contributed by atoms with Crippen molar-refractivity contribution in [2.24, 2.45) is 12.8 Å². The van der Waals surface area contributed by atoms with Gasteiger partial charge in [-0.3, -0.25) is 0 Å². The lowest BCUT2D eigenvalue weighted by molar-refractivity contribution is 0.262. The molecular weight excluding hydrogens is 240 g/mol. The molecule has 0 radical (unpaired) electrons. The highest BCUT2D eigenvalue weighted by molar-refractivity contribution is 5.76. The number of benzene rings is 1. The van der Waals surface area contributed by atoms with Crippen molar-refractivity contribution in [3.8, 4) is 0 Å². The number of nitrogens with zero attached hydrogens (tertiary/aromatic N) is 2. The molecule has 0 fully saturated rings. The molecule has 104 valence electrons. The van der Waals surface area contributed by atoms with Crippen molar-refractivity contribution in [2.45, 2.75) is 19.4 Å². The van der Waals surface area contributed by atoms with Gasteiger partial charge in [0.2, 0.25) is 0 Å². The van der Waals surface area contributed by atoms with Crippen LogP contribution >= 0.6 is 0 Å². The molecule has 1 unspecified atom stereocenters. The molecule has 19 heavy (non-hydrogen) atoms. The highest BCUT2D eigenvalue weighted by atomic mass is 16.3. The quantitative estimate of drug-likeness (QED) is 0.656. The summed E-state index contributed by atoms with van der Waals surface area (Å²) in [5, 5.41) is 12.1. The van der Waals surface area contributed by atoms with Gasteiger partial charge in [0.15, 0.2) is 0 Å². The van der Waals surface area contributed by atoms with Gasteiger partial charge in [-0.2, -0.15) is 0 Å². The lowest BCUT2D eigenvalue weighted by atomic mass is 10.1. The number of hydrogen-bond donors (Lipinski definition) is 3. The number of nitrogens with two attached hydrogens (primary N) is 1. The van der Waals surface area contributed by atoms with Gasteiger partial charge < -0.3 is 20.7 Å². The van der Waals surface area contributed by atoms with Gasteiger partial charge in [-0.05, 0) is 37.6 Å². The number of imidazole rings is 1. The first-order chi connectivity index (χ1) is 9.11. The Hall–Kier alpha value is -1.43.